The number of hydrogen-bond acceptors (Lipinski definition) is 4. The first kappa shape index (κ1) is 17.6. The van der Waals surface area contributed by atoms with Crippen LogP contribution in [0.2, 0.25) is 0 Å². The minimum absolute atomic E-state index is 0.0313. The molecule has 0 spiro atoms. The van der Waals surface area contributed by atoms with Crippen molar-refractivity contribution in [2.45, 2.75) is 32.0 Å². The average Bonchev–Trinajstić information content (AvgIpc) is 2.53. The third-order valence-corrected chi connectivity index (χ3v) is 3.84. The predicted octanol–water partition coefficient (Wildman–Crippen LogP) is 1.86. The van der Waals surface area contributed by atoms with Gasteiger partial charge in [-0.15, -0.1) is 0 Å². The number of hydrogen-bond donors (Lipinski definition) is 2. The van der Waals surface area contributed by atoms with Crippen LogP contribution < -0.4 is 10.1 Å². The van der Waals surface area contributed by atoms with E-state index >= 15 is 0 Å². The maximum atomic E-state index is 12.0. The van der Waals surface area contributed by atoms with E-state index in [1.54, 1.807) is 0 Å². The smallest absolute Gasteiger partial charge is 0.387 e. The molecule has 0 unspecified atom stereocenters. The highest BCUT2D eigenvalue weighted by atomic mass is 19.3. The Balaban J connectivity index is 1.66. The molecule has 1 aliphatic heterocycles. The number of likely N-dealkylation sites (tertiary alicyclic amines) is 1. The van der Waals surface area contributed by atoms with Crippen molar-refractivity contribution in [2.24, 2.45) is 0 Å². The lowest BCUT2D eigenvalue weighted by Gasteiger charge is -2.29. The molecule has 2 rings (SSSR count). The lowest BCUT2D eigenvalue weighted by atomic mass is 10.1. The van der Waals surface area contributed by atoms with Gasteiger partial charge in [-0.05, 0) is 50.1 Å². The predicted molar refractivity (Wildman–Crippen MR) is 81.7 cm³/mol. The third-order valence-electron chi connectivity index (χ3n) is 3.84. The molecular weight excluding hydrogens is 306 g/mol. The number of aliphatic hydroxyl groups excluding tert-OH is 1. The number of halogens is 2. The fraction of sp³-hybridized carbons (Fsp3) is 0.562. The normalized spacial score (nSPS) is 16.5. The molecule has 2 N–H and O–H groups in total. The maximum absolute atomic E-state index is 12.0. The zero-order valence-electron chi connectivity index (χ0n) is 12.9. The van der Waals surface area contributed by atoms with Gasteiger partial charge in [0.15, 0.2) is 0 Å². The second-order valence-electron chi connectivity index (χ2n) is 5.59. The lowest BCUT2D eigenvalue weighted by Crippen LogP contribution is -2.37. The molecular formula is C16H22F2N2O3. The minimum atomic E-state index is -2.87. The molecule has 23 heavy (non-hydrogen) atoms. The molecule has 1 aliphatic rings. The number of carbonyl (C=O) groups is 1. The summed E-state index contributed by atoms with van der Waals surface area (Å²) in [5, 5.41) is 12.2. The first-order valence-electron chi connectivity index (χ1n) is 7.78. The number of piperidine rings is 1. The summed E-state index contributed by atoms with van der Waals surface area (Å²) >= 11 is 0. The Bertz CT molecular complexity index is 489. The van der Waals surface area contributed by atoms with Gasteiger partial charge in [-0.1, -0.05) is 0 Å². The number of aliphatic hydroxyl groups is 1. The number of benzene rings is 1. The van der Waals surface area contributed by atoms with E-state index in [0.717, 1.165) is 38.9 Å². The molecule has 7 heteroatoms. The molecule has 5 nitrogen and oxygen atoms in total. The summed E-state index contributed by atoms with van der Waals surface area (Å²) in [7, 11) is 0. The van der Waals surface area contributed by atoms with Crippen molar-refractivity contribution in [1.29, 1.82) is 0 Å². The topological polar surface area (TPSA) is 61.8 Å². The largest absolute Gasteiger partial charge is 0.435 e. The molecule has 0 atom stereocenters. The van der Waals surface area contributed by atoms with E-state index in [1.807, 2.05) is 0 Å². The number of carbonyl (C=O) groups excluding carboxylic acids is 1. The Morgan fingerprint density at radius 2 is 1.96 bits per heavy atom. The highest BCUT2D eigenvalue weighted by molar-refractivity contribution is 5.94. The van der Waals surface area contributed by atoms with E-state index in [2.05, 4.69) is 15.0 Å². The SMILES string of the molecule is O=C(NCCCN1CCC(O)CC1)c1ccc(OC(F)F)cc1. The van der Waals surface area contributed by atoms with Gasteiger partial charge in [0, 0.05) is 25.2 Å². The quantitative estimate of drug-likeness (QED) is 0.750. The minimum Gasteiger partial charge on any atom is -0.435 e. The second-order valence-corrected chi connectivity index (χ2v) is 5.59. The fourth-order valence-corrected chi connectivity index (χ4v) is 2.54. The van der Waals surface area contributed by atoms with Crippen LogP contribution in [0, 0.1) is 0 Å². The van der Waals surface area contributed by atoms with Crippen LogP contribution in [0.5, 0.6) is 5.75 Å². The number of nitrogens with zero attached hydrogens (tertiary/aromatic N) is 1. The molecule has 1 saturated heterocycles. The Kier molecular flexibility index (Phi) is 6.73. The van der Waals surface area contributed by atoms with Crippen molar-refractivity contribution < 1.29 is 23.4 Å². The van der Waals surface area contributed by atoms with Gasteiger partial charge in [-0.25, -0.2) is 0 Å². The molecule has 1 heterocycles. The van der Waals surface area contributed by atoms with Gasteiger partial charge in [0.25, 0.3) is 5.91 Å². The van der Waals surface area contributed by atoms with Gasteiger partial charge in [-0.2, -0.15) is 8.78 Å². The maximum Gasteiger partial charge on any atom is 0.387 e. The van der Waals surface area contributed by atoms with Crippen LogP contribution >= 0.6 is 0 Å². The number of rotatable bonds is 7. The Morgan fingerprint density at radius 3 is 2.57 bits per heavy atom. The van der Waals surface area contributed by atoms with E-state index in [0.29, 0.717) is 12.1 Å². The van der Waals surface area contributed by atoms with Crippen molar-refractivity contribution in [1.82, 2.24) is 10.2 Å². The van der Waals surface area contributed by atoms with Crippen molar-refractivity contribution in [3.05, 3.63) is 29.8 Å². The summed E-state index contributed by atoms with van der Waals surface area (Å²) in [6.07, 6.45) is 2.26. The Labute approximate surface area is 134 Å². The third kappa shape index (κ3) is 6.11. The molecule has 0 radical (unpaired) electrons. The second kappa shape index (κ2) is 8.79. The fourth-order valence-electron chi connectivity index (χ4n) is 2.54. The molecule has 128 valence electrons. The molecule has 1 aromatic rings. The summed E-state index contributed by atoms with van der Waals surface area (Å²) < 4.78 is 28.3. The van der Waals surface area contributed by atoms with Crippen LogP contribution in [0.4, 0.5) is 8.78 Å². The first-order chi connectivity index (χ1) is 11.0. The summed E-state index contributed by atoms with van der Waals surface area (Å²) in [6.45, 7) is 0.341. The number of alkyl halides is 2. The van der Waals surface area contributed by atoms with Gasteiger partial charge < -0.3 is 20.1 Å². The first-order valence-corrected chi connectivity index (χ1v) is 7.78. The molecule has 0 saturated carbocycles. The van der Waals surface area contributed by atoms with E-state index < -0.39 is 6.61 Å². The van der Waals surface area contributed by atoms with Crippen LogP contribution in [0.15, 0.2) is 24.3 Å². The van der Waals surface area contributed by atoms with Crippen molar-refractivity contribution in [3.8, 4) is 5.75 Å². The monoisotopic (exact) mass is 328 g/mol. The van der Waals surface area contributed by atoms with Gasteiger partial charge in [0.2, 0.25) is 0 Å². The van der Waals surface area contributed by atoms with Crippen LogP contribution in [-0.2, 0) is 0 Å². The Morgan fingerprint density at radius 1 is 1.30 bits per heavy atom. The Hall–Kier alpha value is -1.73. The van der Waals surface area contributed by atoms with Crippen LogP contribution in [0.3, 0.4) is 0 Å². The summed E-state index contributed by atoms with van der Waals surface area (Å²) in [5.41, 5.74) is 0.410. The van der Waals surface area contributed by atoms with Crippen molar-refractivity contribution in [3.63, 3.8) is 0 Å². The van der Waals surface area contributed by atoms with Gasteiger partial charge in [0.1, 0.15) is 5.75 Å². The summed E-state index contributed by atoms with van der Waals surface area (Å²) in [6, 6.07) is 5.61. The van der Waals surface area contributed by atoms with Crippen LogP contribution in [0.25, 0.3) is 0 Å². The van der Waals surface area contributed by atoms with Crippen molar-refractivity contribution >= 4 is 5.91 Å². The van der Waals surface area contributed by atoms with Gasteiger partial charge >= 0.3 is 6.61 Å². The average molecular weight is 328 g/mol. The molecule has 1 fully saturated rings. The van der Waals surface area contributed by atoms with E-state index in [4.69, 9.17) is 0 Å². The highest BCUT2D eigenvalue weighted by Crippen LogP contribution is 2.15. The van der Waals surface area contributed by atoms with Gasteiger partial charge in [0.05, 0.1) is 6.10 Å². The lowest BCUT2D eigenvalue weighted by molar-refractivity contribution is -0.0498. The molecule has 1 aromatic carbocycles. The number of nitrogens with one attached hydrogen (secondary N) is 1. The zero-order chi connectivity index (χ0) is 16.7. The number of ether oxygens (including phenoxy) is 1. The standard InChI is InChI=1S/C16H22F2N2O3/c17-16(18)23-14-4-2-12(3-5-14)15(22)19-8-1-9-20-10-6-13(21)7-11-20/h2-5,13,16,21H,1,6-11H2,(H,19,22). The van der Waals surface area contributed by atoms with Gasteiger partial charge in [-0.3, -0.25) is 4.79 Å². The van der Waals surface area contributed by atoms with E-state index in [9.17, 15) is 18.7 Å². The molecule has 0 bridgehead atoms. The zero-order valence-corrected chi connectivity index (χ0v) is 12.9. The number of amides is 1. The summed E-state index contributed by atoms with van der Waals surface area (Å²) in [5.74, 6) is -0.202. The van der Waals surface area contributed by atoms with E-state index in [-0.39, 0.29) is 17.8 Å². The molecule has 0 aromatic heterocycles. The summed E-state index contributed by atoms with van der Waals surface area (Å²) in [4.78, 5) is 14.2. The highest BCUT2D eigenvalue weighted by Gasteiger charge is 2.16. The van der Waals surface area contributed by atoms with Crippen molar-refractivity contribution in [2.75, 3.05) is 26.2 Å². The molecule has 1 amide bonds. The van der Waals surface area contributed by atoms with E-state index in [1.165, 1.54) is 24.3 Å². The van der Waals surface area contributed by atoms with Crippen LogP contribution in [-0.4, -0.2) is 54.8 Å². The van der Waals surface area contributed by atoms with Crippen LogP contribution in [0.1, 0.15) is 29.6 Å². The molecule has 0 aliphatic carbocycles.